The summed E-state index contributed by atoms with van der Waals surface area (Å²) in [5.74, 6) is 2.62. The van der Waals surface area contributed by atoms with Gasteiger partial charge in [-0.15, -0.1) is 0 Å². The van der Waals surface area contributed by atoms with Gasteiger partial charge in [-0.25, -0.2) is 4.99 Å². The summed E-state index contributed by atoms with van der Waals surface area (Å²) in [5, 5.41) is 0.794. The number of aliphatic imine (C=N–C) groups is 1. The zero-order valence-corrected chi connectivity index (χ0v) is 17.2. The topological polar surface area (TPSA) is 41.6 Å². The van der Waals surface area contributed by atoms with Crippen LogP contribution in [0.15, 0.2) is 53.5 Å². The Balaban J connectivity index is 1.52. The Kier molecular flexibility index (Phi) is 6.33. The Morgan fingerprint density at radius 3 is 2.68 bits per heavy atom. The summed E-state index contributed by atoms with van der Waals surface area (Å²) in [6.45, 7) is 2.81. The van der Waals surface area contributed by atoms with E-state index in [0.717, 1.165) is 43.2 Å². The van der Waals surface area contributed by atoms with Crippen molar-refractivity contribution in [1.82, 2.24) is 4.90 Å². The highest BCUT2D eigenvalue weighted by Gasteiger charge is 2.26. The zero-order chi connectivity index (χ0) is 19.3. The van der Waals surface area contributed by atoms with Crippen LogP contribution in [-0.4, -0.2) is 23.8 Å². The number of hydrogen-bond donors (Lipinski definition) is 1. The van der Waals surface area contributed by atoms with Crippen molar-refractivity contribution in [2.45, 2.75) is 45.1 Å². The predicted octanol–water partition coefficient (Wildman–Crippen LogP) is 5.58. The first-order valence-electron chi connectivity index (χ1n) is 10.6. The Morgan fingerprint density at radius 2 is 1.86 bits per heavy atom. The van der Waals surface area contributed by atoms with E-state index in [1.807, 2.05) is 6.07 Å². The standard InChI is InChI=1S/C24H30ClN3/c25-22-10-11-23-21(14-22)17-28(16-20-8-4-7-19(13-20)15-26)24(27-23)12-9-18-5-2-1-3-6-18/h1-3,5-6,10-11,14,19-20H,4,7-9,12-13,15-17,26H2. The summed E-state index contributed by atoms with van der Waals surface area (Å²) < 4.78 is 0. The number of halogens is 1. The molecule has 4 rings (SSSR count). The lowest BCUT2D eigenvalue weighted by Gasteiger charge is -2.36. The van der Waals surface area contributed by atoms with Crippen molar-refractivity contribution >= 4 is 23.1 Å². The quantitative estimate of drug-likeness (QED) is 0.693. The van der Waals surface area contributed by atoms with Gasteiger partial charge in [-0.1, -0.05) is 48.4 Å². The maximum absolute atomic E-state index is 6.25. The van der Waals surface area contributed by atoms with Gasteiger partial charge in [0, 0.05) is 24.5 Å². The van der Waals surface area contributed by atoms with E-state index < -0.39 is 0 Å². The van der Waals surface area contributed by atoms with Crippen LogP contribution in [0.5, 0.6) is 0 Å². The molecule has 28 heavy (non-hydrogen) atoms. The van der Waals surface area contributed by atoms with Crippen LogP contribution in [0.4, 0.5) is 5.69 Å². The second-order valence-corrected chi connectivity index (χ2v) is 8.74. The first-order chi connectivity index (χ1) is 13.7. The highest BCUT2D eigenvalue weighted by Crippen LogP contribution is 2.33. The Morgan fingerprint density at radius 1 is 1.04 bits per heavy atom. The molecule has 4 heteroatoms. The van der Waals surface area contributed by atoms with Gasteiger partial charge in [-0.05, 0) is 73.4 Å². The van der Waals surface area contributed by atoms with Crippen LogP contribution < -0.4 is 5.73 Å². The molecule has 1 aliphatic heterocycles. The third-order valence-corrected chi connectivity index (χ3v) is 6.44. The molecule has 2 atom stereocenters. The fourth-order valence-corrected chi connectivity index (χ4v) is 4.87. The molecule has 0 saturated heterocycles. The normalized spacial score (nSPS) is 21.9. The summed E-state index contributed by atoms with van der Waals surface area (Å²) in [7, 11) is 0. The number of fused-ring (bicyclic) bond motifs is 1. The van der Waals surface area contributed by atoms with Crippen LogP contribution in [-0.2, 0) is 13.0 Å². The van der Waals surface area contributed by atoms with E-state index in [1.165, 1.54) is 42.6 Å². The largest absolute Gasteiger partial charge is 0.355 e. The second kappa shape index (κ2) is 9.11. The van der Waals surface area contributed by atoms with Gasteiger partial charge in [0.1, 0.15) is 5.84 Å². The molecule has 0 bridgehead atoms. The fraction of sp³-hybridized carbons (Fsp3) is 0.458. The third kappa shape index (κ3) is 4.76. The van der Waals surface area contributed by atoms with Crippen molar-refractivity contribution in [2.24, 2.45) is 22.6 Å². The van der Waals surface area contributed by atoms with E-state index >= 15 is 0 Å². The minimum Gasteiger partial charge on any atom is -0.355 e. The molecule has 2 unspecified atom stereocenters. The van der Waals surface area contributed by atoms with Gasteiger partial charge in [0.25, 0.3) is 0 Å². The Bertz CT molecular complexity index is 818. The zero-order valence-electron chi connectivity index (χ0n) is 16.5. The molecular weight excluding hydrogens is 366 g/mol. The van der Waals surface area contributed by atoms with Gasteiger partial charge in [0.15, 0.2) is 0 Å². The van der Waals surface area contributed by atoms with Crippen molar-refractivity contribution in [3.8, 4) is 0 Å². The van der Waals surface area contributed by atoms with E-state index in [4.69, 9.17) is 22.3 Å². The number of hydrogen-bond acceptors (Lipinski definition) is 3. The fourth-order valence-electron chi connectivity index (χ4n) is 4.68. The van der Waals surface area contributed by atoms with E-state index in [9.17, 15) is 0 Å². The molecule has 0 amide bonds. The SMILES string of the molecule is NCC1CCCC(CN2Cc3cc(Cl)ccc3N=C2CCc2ccccc2)C1. The predicted molar refractivity (Wildman–Crippen MR) is 118 cm³/mol. The van der Waals surface area contributed by atoms with Crippen LogP contribution in [0.25, 0.3) is 0 Å². The lowest BCUT2D eigenvalue weighted by Crippen LogP contribution is -2.38. The van der Waals surface area contributed by atoms with Crippen molar-refractivity contribution in [2.75, 3.05) is 13.1 Å². The van der Waals surface area contributed by atoms with Crippen molar-refractivity contribution < 1.29 is 0 Å². The van der Waals surface area contributed by atoms with Gasteiger partial charge in [-0.3, -0.25) is 0 Å². The van der Waals surface area contributed by atoms with Gasteiger partial charge < -0.3 is 10.6 Å². The average molecular weight is 396 g/mol. The molecule has 0 aromatic heterocycles. The summed E-state index contributed by atoms with van der Waals surface area (Å²) >= 11 is 6.25. The monoisotopic (exact) mass is 395 g/mol. The lowest BCUT2D eigenvalue weighted by atomic mass is 9.81. The number of nitrogens with two attached hydrogens (primary N) is 1. The first kappa shape index (κ1) is 19.5. The van der Waals surface area contributed by atoms with Crippen molar-refractivity contribution in [3.63, 3.8) is 0 Å². The number of amidine groups is 1. The molecule has 2 aromatic rings. The highest BCUT2D eigenvalue weighted by molar-refractivity contribution is 6.30. The van der Waals surface area contributed by atoms with E-state index in [-0.39, 0.29) is 0 Å². The van der Waals surface area contributed by atoms with Crippen molar-refractivity contribution in [3.05, 3.63) is 64.7 Å². The minimum atomic E-state index is 0.690. The Hall–Kier alpha value is -1.84. The smallest absolute Gasteiger partial charge is 0.105 e. The summed E-state index contributed by atoms with van der Waals surface area (Å²) in [6.07, 6.45) is 7.15. The molecule has 1 fully saturated rings. The molecule has 2 aromatic carbocycles. The van der Waals surface area contributed by atoms with E-state index in [0.29, 0.717) is 11.8 Å². The molecule has 0 radical (unpaired) electrons. The maximum Gasteiger partial charge on any atom is 0.105 e. The number of benzene rings is 2. The third-order valence-electron chi connectivity index (χ3n) is 6.20. The van der Waals surface area contributed by atoms with Gasteiger partial charge in [0.2, 0.25) is 0 Å². The average Bonchev–Trinajstić information content (AvgIpc) is 2.73. The summed E-state index contributed by atoms with van der Waals surface area (Å²) in [6, 6.07) is 16.8. The first-order valence-corrected chi connectivity index (χ1v) is 10.9. The number of rotatable bonds is 6. The molecule has 148 valence electrons. The molecule has 0 spiro atoms. The molecule has 1 aliphatic carbocycles. The van der Waals surface area contributed by atoms with Crippen molar-refractivity contribution in [1.29, 1.82) is 0 Å². The van der Waals surface area contributed by atoms with Crippen LogP contribution >= 0.6 is 11.6 Å². The summed E-state index contributed by atoms with van der Waals surface area (Å²) in [5.41, 5.74) is 9.65. The number of nitrogens with zero attached hydrogens (tertiary/aromatic N) is 2. The van der Waals surface area contributed by atoms with Crippen LogP contribution in [0.3, 0.4) is 0 Å². The van der Waals surface area contributed by atoms with Crippen LogP contribution in [0.1, 0.15) is 43.2 Å². The molecule has 2 aliphatic rings. The summed E-state index contributed by atoms with van der Waals surface area (Å²) in [4.78, 5) is 7.55. The highest BCUT2D eigenvalue weighted by atomic mass is 35.5. The Labute approximate surface area is 173 Å². The van der Waals surface area contributed by atoms with Gasteiger partial charge >= 0.3 is 0 Å². The van der Waals surface area contributed by atoms with Gasteiger partial charge in [-0.2, -0.15) is 0 Å². The van der Waals surface area contributed by atoms with Crippen LogP contribution in [0.2, 0.25) is 5.02 Å². The molecule has 2 N–H and O–H groups in total. The maximum atomic E-state index is 6.25. The number of aryl methyl sites for hydroxylation is 1. The minimum absolute atomic E-state index is 0.690. The molecule has 1 saturated carbocycles. The second-order valence-electron chi connectivity index (χ2n) is 8.30. The lowest BCUT2D eigenvalue weighted by molar-refractivity contribution is 0.219. The van der Waals surface area contributed by atoms with E-state index in [2.05, 4.69) is 47.4 Å². The molecule has 1 heterocycles. The van der Waals surface area contributed by atoms with Crippen LogP contribution in [0, 0.1) is 11.8 Å². The van der Waals surface area contributed by atoms with E-state index in [1.54, 1.807) is 0 Å². The van der Waals surface area contributed by atoms with Gasteiger partial charge in [0.05, 0.1) is 5.69 Å². The molecule has 3 nitrogen and oxygen atoms in total. The molecular formula is C24H30ClN3.